The number of halogens is 1. The van der Waals surface area contributed by atoms with Gasteiger partial charge in [-0.05, 0) is 17.0 Å². The Hall–Kier alpha value is -1.68. The number of rotatable bonds is 4. The SMILES string of the molecule is CCl.C[N+](C)(CCO)CC1=Cc2cccc3cccc(c23)C1=O. The van der Waals surface area contributed by atoms with Crippen molar-refractivity contribution in [3.63, 3.8) is 0 Å². The van der Waals surface area contributed by atoms with Gasteiger partial charge in [-0.2, -0.15) is 0 Å². The first-order chi connectivity index (χ1) is 11.0. The van der Waals surface area contributed by atoms with Gasteiger partial charge in [0.2, 0.25) is 0 Å². The molecule has 0 saturated heterocycles. The lowest BCUT2D eigenvalue weighted by atomic mass is 9.87. The van der Waals surface area contributed by atoms with Crippen molar-refractivity contribution < 1.29 is 14.4 Å². The topological polar surface area (TPSA) is 37.3 Å². The first-order valence-electron chi connectivity index (χ1n) is 7.59. The Labute approximate surface area is 142 Å². The van der Waals surface area contributed by atoms with Crippen LogP contribution in [0.3, 0.4) is 0 Å². The molecule has 0 radical (unpaired) electrons. The minimum Gasteiger partial charge on any atom is -0.391 e. The molecule has 0 aliphatic heterocycles. The molecule has 0 aromatic heterocycles. The van der Waals surface area contributed by atoms with Crippen molar-refractivity contribution in [2.45, 2.75) is 0 Å². The normalized spacial score (nSPS) is 13.4. The van der Waals surface area contributed by atoms with Gasteiger partial charge in [-0.1, -0.05) is 36.4 Å². The molecule has 0 heterocycles. The van der Waals surface area contributed by atoms with Crippen molar-refractivity contribution in [1.29, 1.82) is 0 Å². The van der Waals surface area contributed by atoms with Gasteiger partial charge in [-0.15, -0.1) is 11.6 Å². The van der Waals surface area contributed by atoms with Gasteiger partial charge in [-0.3, -0.25) is 4.79 Å². The zero-order chi connectivity index (χ0) is 17.0. The predicted octanol–water partition coefficient (Wildman–Crippen LogP) is 3.34. The highest BCUT2D eigenvalue weighted by Gasteiger charge is 2.26. The van der Waals surface area contributed by atoms with E-state index in [1.54, 1.807) is 0 Å². The van der Waals surface area contributed by atoms with E-state index < -0.39 is 0 Å². The van der Waals surface area contributed by atoms with Crippen molar-refractivity contribution >= 4 is 34.2 Å². The molecule has 23 heavy (non-hydrogen) atoms. The summed E-state index contributed by atoms with van der Waals surface area (Å²) in [5.74, 6) is 0.114. The minimum absolute atomic E-state index is 0.114. The lowest BCUT2D eigenvalue weighted by Gasteiger charge is -2.30. The number of nitrogens with zero attached hydrogens (tertiary/aromatic N) is 1. The second kappa shape index (κ2) is 7.26. The Morgan fingerprint density at radius 3 is 2.39 bits per heavy atom. The summed E-state index contributed by atoms with van der Waals surface area (Å²) < 4.78 is 0.603. The van der Waals surface area contributed by atoms with Crippen LogP contribution in [0.4, 0.5) is 0 Å². The van der Waals surface area contributed by atoms with E-state index in [-0.39, 0.29) is 12.4 Å². The largest absolute Gasteiger partial charge is 0.391 e. The molecule has 2 aromatic carbocycles. The van der Waals surface area contributed by atoms with Crippen molar-refractivity contribution in [3.05, 3.63) is 53.1 Å². The van der Waals surface area contributed by atoms with Gasteiger partial charge < -0.3 is 9.59 Å². The minimum atomic E-state index is 0.114. The maximum absolute atomic E-state index is 12.7. The van der Waals surface area contributed by atoms with Crippen LogP contribution in [-0.2, 0) is 0 Å². The Morgan fingerprint density at radius 1 is 1.09 bits per heavy atom. The van der Waals surface area contributed by atoms with Crippen LogP contribution in [0.15, 0.2) is 42.0 Å². The van der Waals surface area contributed by atoms with Crippen molar-refractivity contribution in [2.24, 2.45) is 0 Å². The van der Waals surface area contributed by atoms with E-state index >= 15 is 0 Å². The zero-order valence-corrected chi connectivity index (χ0v) is 14.6. The van der Waals surface area contributed by atoms with Gasteiger partial charge >= 0.3 is 0 Å². The van der Waals surface area contributed by atoms with Gasteiger partial charge in [0.25, 0.3) is 0 Å². The third-order valence-corrected chi connectivity index (χ3v) is 4.11. The number of aliphatic hydroxyl groups is 1. The first-order valence-corrected chi connectivity index (χ1v) is 8.35. The number of benzene rings is 2. The lowest BCUT2D eigenvalue weighted by Crippen LogP contribution is -2.44. The van der Waals surface area contributed by atoms with Crippen molar-refractivity contribution in [2.75, 3.05) is 40.2 Å². The van der Waals surface area contributed by atoms with Crippen LogP contribution in [0.5, 0.6) is 0 Å². The molecule has 4 heteroatoms. The van der Waals surface area contributed by atoms with Gasteiger partial charge in [0, 0.05) is 17.3 Å². The monoisotopic (exact) mass is 332 g/mol. The molecule has 0 bridgehead atoms. The quantitative estimate of drug-likeness (QED) is 0.688. The molecule has 3 nitrogen and oxygen atoms in total. The summed E-state index contributed by atoms with van der Waals surface area (Å²) in [6.07, 6.45) is 3.48. The van der Waals surface area contributed by atoms with Crippen LogP contribution in [0.25, 0.3) is 16.8 Å². The molecule has 2 aromatic rings. The summed E-state index contributed by atoms with van der Waals surface area (Å²) in [5, 5.41) is 11.3. The summed E-state index contributed by atoms with van der Waals surface area (Å²) in [4.78, 5) is 12.7. The van der Waals surface area contributed by atoms with E-state index in [1.165, 1.54) is 6.38 Å². The molecule has 122 valence electrons. The Morgan fingerprint density at radius 2 is 1.74 bits per heavy atom. The second-order valence-electron chi connectivity index (χ2n) is 6.29. The van der Waals surface area contributed by atoms with Crippen LogP contribution in [-0.4, -0.2) is 55.5 Å². The Balaban J connectivity index is 0.000000924. The van der Waals surface area contributed by atoms with Gasteiger partial charge in [0.1, 0.15) is 13.1 Å². The number of ketones is 1. The molecule has 0 spiro atoms. The highest BCUT2D eigenvalue weighted by atomic mass is 35.5. The highest BCUT2D eigenvalue weighted by Crippen LogP contribution is 2.31. The third-order valence-electron chi connectivity index (χ3n) is 4.11. The van der Waals surface area contributed by atoms with Gasteiger partial charge in [-0.25, -0.2) is 0 Å². The summed E-state index contributed by atoms with van der Waals surface area (Å²) in [5.41, 5.74) is 2.73. The molecule has 1 N–H and O–H groups in total. The standard InChI is InChI=1S/C18H20NO2.CH3Cl/c1-19(2,9-10-20)12-15-11-14-7-3-5-13-6-4-8-16(17(13)14)18(15)21;1-2/h3-8,11,20H,9-10,12H2,1-2H3;1H3/q+1;. The number of quaternary nitrogens is 1. The third kappa shape index (κ3) is 3.63. The fourth-order valence-electron chi connectivity index (χ4n) is 3.03. The average Bonchev–Trinajstić information content (AvgIpc) is 2.54. The summed E-state index contributed by atoms with van der Waals surface area (Å²) in [6, 6.07) is 12.0. The Bertz CT molecular complexity index is 745. The van der Waals surface area contributed by atoms with E-state index in [2.05, 4.69) is 17.7 Å². The number of alkyl halides is 1. The number of hydrogen-bond acceptors (Lipinski definition) is 2. The number of carbonyl (C=O) groups excluding carboxylic acids is 1. The van der Waals surface area contributed by atoms with Crippen molar-refractivity contribution in [3.8, 4) is 0 Å². The molecule has 1 aliphatic carbocycles. The number of likely N-dealkylation sites (N-methyl/N-ethyl adjacent to an activating group) is 1. The smallest absolute Gasteiger partial charge is 0.195 e. The molecule has 0 atom stereocenters. The molecular weight excluding hydrogens is 310 g/mol. The molecular formula is C19H23ClNO2+. The zero-order valence-electron chi connectivity index (χ0n) is 13.8. The van der Waals surface area contributed by atoms with E-state index in [0.717, 1.165) is 27.5 Å². The fraction of sp³-hybridized carbons (Fsp3) is 0.316. The van der Waals surface area contributed by atoms with Gasteiger partial charge in [0.05, 0.1) is 26.3 Å². The lowest BCUT2D eigenvalue weighted by molar-refractivity contribution is -0.885. The fourth-order valence-corrected chi connectivity index (χ4v) is 3.03. The van der Waals surface area contributed by atoms with Crippen LogP contribution in [0.1, 0.15) is 15.9 Å². The van der Waals surface area contributed by atoms with Crippen LogP contribution < -0.4 is 0 Å². The van der Waals surface area contributed by atoms with E-state index in [1.807, 2.05) is 50.5 Å². The first kappa shape index (κ1) is 17.7. The molecule has 0 amide bonds. The molecule has 0 saturated carbocycles. The van der Waals surface area contributed by atoms with Crippen molar-refractivity contribution in [1.82, 2.24) is 0 Å². The molecule has 0 fully saturated rings. The second-order valence-corrected chi connectivity index (χ2v) is 6.29. The average molecular weight is 333 g/mol. The van der Waals surface area contributed by atoms with Gasteiger partial charge in [0.15, 0.2) is 5.78 Å². The van der Waals surface area contributed by atoms with Crippen LogP contribution in [0, 0.1) is 0 Å². The summed E-state index contributed by atoms with van der Waals surface area (Å²) in [7, 11) is 4.07. The van der Waals surface area contributed by atoms with E-state index in [0.29, 0.717) is 17.6 Å². The summed E-state index contributed by atoms with van der Waals surface area (Å²) >= 11 is 4.64. The number of hydrogen-bond donors (Lipinski definition) is 1. The maximum atomic E-state index is 12.7. The molecule has 3 rings (SSSR count). The molecule has 1 aliphatic rings. The highest BCUT2D eigenvalue weighted by molar-refractivity contribution is 6.22. The molecule has 0 unspecified atom stereocenters. The summed E-state index contributed by atoms with van der Waals surface area (Å²) in [6.45, 7) is 1.39. The van der Waals surface area contributed by atoms with E-state index in [4.69, 9.17) is 5.11 Å². The number of aliphatic hydroxyl groups excluding tert-OH is 1. The Kier molecular flexibility index (Phi) is 5.58. The van der Waals surface area contributed by atoms with Crippen LogP contribution >= 0.6 is 11.6 Å². The number of Topliss-reactive ketones (excluding diaryl/α,β-unsaturated/α-hetero) is 1. The number of carbonyl (C=O) groups is 1. The maximum Gasteiger partial charge on any atom is 0.195 e. The predicted molar refractivity (Wildman–Crippen MR) is 97.0 cm³/mol. The van der Waals surface area contributed by atoms with Crippen LogP contribution in [0.2, 0.25) is 0 Å². The van der Waals surface area contributed by atoms with E-state index in [9.17, 15) is 4.79 Å².